The molecule has 1 aromatic heterocycles. The lowest BCUT2D eigenvalue weighted by molar-refractivity contribution is 0.444. The standard InChI is InChI=1S/C16H18ClNO/c1-11-8-14(11)16-7-6-13(19-16)10-18-9-12-4-2-3-5-15(12)17/h2-7,11,14,18H,8-10H2,1H3. The average Bonchev–Trinajstić information content (AvgIpc) is 2.96. The molecule has 1 aliphatic carbocycles. The largest absolute Gasteiger partial charge is 0.464 e. The first kappa shape index (κ1) is 12.8. The molecule has 2 nitrogen and oxygen atoms in total. The molecule has 100 valence electrons. The highest BCUT2D eigenvalue weighted by atomic mass is 35.5. The van der Waals surface area contributed by atoms with Crippen molar-refractivity contribution in [3.05, 3.63) is 58.5 Å². The maximum Gasteiger partial charge on any atom is 0.117 e. The van der Waals surface area contributed by atoms with Gasteiger partial charge in [0.05, 0.1) is 6.54 Å². The monoisotopic (exact) mass is 275 g/mol. The Morgan fingerprint density at radius 3 is 2.74 bits per heavy atom. The molecular formula is C16H18ClNO. The van der Waals surface area contributed by atoms with Crippen molar-refractivity contribution in [2.24, 2.45) is 5.92 Å². The summed E-state index contributed by atoms with van der Waals surface area (Å²) in [7, 11) is 0. The lowest BCUT2D eigenvalue weighted by Gasteiger charge is -2.05. The van der Waals surface area contributed by atoms with Crippen LogP contribution in [0.4, 0.5) is 0 Å². The SMILES string of the molecule is CC1CC1c1ccc(CNCc2ccccc2Cl)o1. The van der Waals surface area contributed by atoms with Gasteiger partial charge in [0.25, 0.3) is 0 Å². The van der Waals surface area contributed by atoms with Crippen LogP contribution in [-0.2, 0) is 13.1 Å². The van der Waals surface area contributed by atoms with Crippen LogP contribution in [0.25, 0.3) is 0 Å². The first-order chi connectivity index (χ1) is 9.24. The van der Waals surface area contributed by atoms with Gasteiger partial charge in [-0.2, -0.15) is 0 Å². The third-order valence-corrected chi connectivity index (χ3v) is 4.10. The second-order valence-corrected chi connectivity index (χ2v) is 5.73. The topological polar surface area (TPSA) is 25.2 Å². The number of halogens is 1. The summed E-state index contributed by atoms with van der Waals surface area (Å²) >= 11 is 6.11. The molecule has 2 aromatic rings. The van der Waals surface area contributed by atoms with Crippen LogP contribution in [0.5, 0.6) is 0 Å². The van der Waals surface area contributed by atoms with Gasteiger partial charge in [-0.1, -0.05) is 36.7 Å². The van der Waals surface area contributed by atoms with Crippen molar-refractivity contribution in [1.82, 2.24) is 5.32 Å². The molecule has 1 saturated carbocycles. The van der Waals surface area contributed by atoms with Gasteiger partial charge in [0.2, 0.25) is 0 Å². The number of furan rings is 1. The van der Waals surface area contributed by atoms with Crippen LogP contribution >= 0.6 is 11.6 Å². The lowest BCUT2D eigenvalue weighted by Crippen LogP contribution is -2.12. The molecule has 1 fully saturated rings. The highest BCUT2D eigenvalue weighted by Crippen LogP contribution is 2.47. The first-order valence-corrected chi connectivity index (χ1v) is 7.14. The Balaban J connectivity index is 1.52. The Morgan fingerprint density at radius 1 is 1.21 bits per heavy atom. The minimum absolute atomic E-state index is 0.650. The fourth-order valence-corrected chi connectivity index (χ4v) is 2.57. The quantitative estimate of drug-likeness (QED) is 0.878. The van der Waals surface area contributed by atoms with Crippen molar-refractivity contribution in [2.45, 2.75) is 32.4 Å². The molecule has 0 bridgehead atoms. The molecule has 0 amide bonds. The van der Waals surface area contributed by atoms with E-state index in [0.717, 1.165) is 41.1 Å². The van der Waals surface area contributed by atoms with E-state index in [2.05, 4.69) is 24.4 Å². The number of benzene rings is 1. The van der Waals surface area contributed by atoms with Gasteiger partial charge in [0, 0.05) is 17.5 Å². The van der Waals surface area contributed by atoms with E-state index in [9.17, 15) is 0 Å². The van der Waals surface area contributed by atoms with Gasteiger partial charge in [0.1, 0.15) is 11.5 Å². The highest BCUT2D eigenvalue weighted by Gasteiger charge is 2.36. The van der Waals surface area contributed by atoms with Gasteiger partial charge in [-0.25, -0.2) is 0 Å². The third kappa shape index (κ3) is 3.02. The van der Waals surface area contributed by atoms with Gasteiger partial charge in [-0.3, -0.25) is 0 Å². The summed E-state index contributed by atoms with van der Waals surface area (Å²) in [6, 6.07) is 12.1. The number of nitrogens with one attached hydrogen (secondary N) is 1. The molecule has 3 rings (SSSR count). The van der Waals surface area contributed by atoms with Crippen LogP contribution in [-0.4, -0.2) is 0 Å². The van der Waals surface area contributed by atoms with E-state index >= 15 is 0 Å². The van der Waals surface area contributed by atoms with E-state index in [1.165, 1.54) is 6.42 Å². The Labute approximate surface area is 118 Å². The Morgan fingerprint density at radius 2 is 2.00 bits per heavy atom. The molecule has 0 radical (unpaired) electrons. The van der Waals surface area contributed by atoms with Crippen LogP contribution in [0.1, 0.15) is 36.3 Å². The number of rotatable bonds is 5. The maximum absolute atomic E-state index is 6.11. The molecule has 1 aliphatic rings. The molecule has 0 saturated heterocycles. The molecular weight excluding hydrogens is 258 g/mol. The van der Waals surface area contributed by atoms with Crippen molar-refractivity contribution < 1.29 is 4.42 Å². The normalized spacial score (nSPS) is 21.6. The van der Waals surface area contributed by atoms with Crippen LogP contribution in [0.3, 0.4) is 0 Å². The zero-order valence-corrected chi connectivity index (χ0v) is 11.8. The van der Waals surface area contributed by atoms with Crippen LogP contribution in [0.2, 0.25) is 5.02 Å². The molecule has 3 heteroatoms. The summed E-state index contributed by atoms with van der Waals surface area (Å²) in [5.74, 6) is 3.58. The summed E-state index contributed by atoms with van der Waals surface area (Å²) in [6.07, 6.45) is 1.26. The van der Waals surface area contributed by atoms with E-state index < -0.39 is 0 Å². The molecule has 2 unspecified atom stereocenters. The van der Waals surface area contributed by atoms with Crippen LogP contribution in [0, 0.1) is 5.92 Å². The molecule has 2 atom stereocenters. The Kier molecular flexibility index (Phi) is 3.63. The first-order valence-electron chi connectivity index (χ1n) is 6.77. The Bertz CT molecular complexity index is 563. The van der Waals surface area contributed by atoms with E-state index in [-0.39, 0.29) is 0 Å². The molecule has 19 heavy (non-hydrogen) atoms. The summed E-state index contributed by atoms with van der Waals surface area (Å²) < 4.78 is 5.85. The summed E-state index contributed by atoms with van der Waals surface area (Å²) in [6.45, 7) is 3.77. The van der Waals surface area contributed by atoms with Crippen molar-refractivity contribution in [3.63, 3.8) is 0 Å². The van der Waals surface area contributed by atoms with Crippen molar-refractivity contribution in [2.75, 3.05) is 0 Å². The molecule has 1 N–H and O–H groups in total. The zero-order valence-electron chi connectivity index (χ0n) is 11.0. The molecule has 0 spiro atoms. The molecule has 1 aromatic carbocycles. The fraction of sp³-hybridized carbons (Fsp3) is 0.375. The number of hydrogen-bond donors (Lipinski definition) is 1. The average molecular weight is 276 g/mol. The van der Waals surface area contributed by atoms with E-state index in [1.807, 2.05) is 24.3 Å². The van der Waals surface area contributed by atoms with Crippen LogP contribution < -0.4 is 5.32 Å². The highest BCUT2D eigenvalue weighted by molar-refractivity contribution is 6.31. The van der Waals surface area contributed by atoms with Gasteiger partial charge in [-0.15, -0.1) is 0 Å². The third-order valence-electron chi connectivity index (χ3n) is 3.73. The van der Waals surface area contributed by atoms with Gasteiger partial charge in [-0.05, 0) is 36.1 Å². The maximum atomic E-state index is 6.11. The van der Waals surface area contributed by atoms with Gasteiger partial charge in [0.15, 0.2) is 0 Å². The zero-order chi connectivity index (χ0) is 13.2. The smallest absolute Gasteiger partial charge is 0.117 e. The fourth-order valence-electron chi connectivity index (χ4n) is 2.37. The van der Waals surface area contributed by atoms with Crippen molar-refractivity contribution in [3.8, 4) is 0 Å². The predicted octanol–water partition coefficient (Wildman–Crippen LogP) is 4.35. The van der Waals surface area contributed by atoms with E-state index in [1.54, 1.807) is 0 Å². The Hall–Kier alpha value is -1.25. The lowest BCUT2D eigenvalue weighted by atomic mass is 10.2. The van der Waals surface area contributed by atoms with E-state index in [0.29, 0.717) is 5.92 Å². The second kappa shape index (κ2) is 5.40. The molecule has 0 aliphatic heterocycles. The minimum atomic E-state index is 0.650. The minimum Gasteiger partial charge on any atom is -0.464 e. The predicted molar refractivity (Wildman–Crippen MR) is 77.2 cm³/mol. The molecule has 1 heterocycles. The van der Waals surface area contributed by atoms with Crippen molar-refractivity contribution in [1.29, 1.82) is 0 Å². The van der Waals surface area contributed by atoms with Crippen LogP contribution in [0.15, 0.2) is 40.8 Å². The summed E-state index contributed by atoms with van der Waals surface area (Å²) in [5, 5.41) is 4.17. The van der Waals surface area contributed by atoms with Gasteiger partial charge >= 0.3 is 0 Å². The van der Waals surface area contributed by atoms with E-state index in [4.69, 9.17) is 16.0 Å². The van der Waals surface area contributed by atoms with Gasteiger partial charge < -0.3 is 9.73 Å². The summed E-state index contributed by atoms with van der Waals surface area (Å²) in [4.78, 5) is 0. The second-order valence-electron chi connectivity index (χ2n) is 5.32. The number of hydrogen-bond acceptors (Lipinski definition) is 2. The van der Waals surface area contributed by atoms with Crippen molar-refractivity contribution >= 4 is 11.6 Å². The summed E-state index contributed by atoms with van der Waals surface area (Å²) in [5.41, 5.74) is 1.12.